The van der Waals surface area contributed by atoms with Crippen molar-refractivity contribution in [2.75, 3.05) is 31.1 Å². The Kier molecular flexibility index (Phi) is 4.88. The standard InChI is InChI=1S/C22H20ClN5O2/c23-16-1-3-18-19(13-16)25-6-5-20(18)27-9-11-28(12-10-27)22(29)21-4-2-17(30-21)14-26-8-7-24-15-26/h1-8,13,15H,9-12,14H2. The molecule has 0 N–H and O–H groups in total. The molecule has 8 heteroatoms. The third-order valence-electron chi connectivity index (χ3n) is 5.36. The van der Waals surface area contributed by atoms with Crippen molar-refractivity contribution in [2.24, 2.45) is 0 Å². The number of hydrogen-bond donors (Lipinski definition) is 0. The SMILES string of the molecule is O=C(c1ccc(Cn2ccnc2)o1)N1CCN(c2ccnc3cc(Cl)ccc23)CC1. The van der Waals surface area contributed by atoms with E-state index in [1.807, 2.05) is 46.0 Å². The van der Waals surface area contributed by atoms with Gasteiger partial charge in [-0.2, -0.15) is 0 Å². The number of anilines is 1. The zero-order chi connectivity index (χ0) is 20.5. The summed E-state index contributed by atoms with van der Waals surface area (Å²) in [5.41, 5.74) is 1.99. The summed E-state index contributed by atoms with van der Waals surface area (Å²) in [6.45, 7) is 3.31. The maximum atomic E-state index is 12.9. The van der Waals surface area contributed by atoms with E-state index in [-0.39, 0.29) is 5.91 Å². The average Bonchev–Trinajstić information content (AvgIpc) is 3.45. The average molecular weight is 422 g/mol. The number of amides is 1. The van der Waals surface area contributed by atoms with E-state index < -0.39 is 0 Å². The monoisotopic (exact) mass is 421 g/mol. The lowest BCUT2D eigenvalue weighted by molar-refractivity contribution is 0.0712. The van der Waals surface area contributed by atoms with E-state index in [9.17, 15) is 4.79 Å². The Morgan fingerprint density at radius 1 is 1.07 bits per heavy atom. The smallest absolute Gasteiger partial charge is 0.289 e. The van der Waals surface area contributed by atoms with Crippen molar-refractivity contribution in [3.8, 4) is 0 Å². The predicted molar refractivity (Wildman–Crippen MR) is 115 cm³/mol. The molecule has 1 aliphatic rings. The summed E-state index contributed by atoms with van der Waals surface area (Å²) in [5, 5.41) is 1.74. The number of imidazole rings is 1. The second-order valence-electron chi connectivity index (χ2n) is 7.27. The molecule has 5 rings (SSSR count). The van der Waals surface area contributed by atoms with Gasteiger partial charge >= 0.3 is 0 Å². The Balaban J connectivity index is 1.26. The highest BCUT2D eigenvalue weighted by atomic mass is 35.5. The van der Waals surface area contributed by atoms with E-state index >= 15 is 0 Å². The molecule has 1 aliphatic heterocycles. The number of nitrogens with zero attached hydrogens (tertiary/aromatic N) is 5. The van der Waals surface area contributed by atoms with Crippen molar-refractivity contribution in [1.29, 1.82) is 0 Å². The fraction of sp³-hybridized carbons (Fsp3) is 0.227. The Labute approximate surface area is 178 Å². The Morgan fingerprint density at radius 3 is 2.73 bits per heavy atom. The topological polar surface area (TPSA) is 67.4 Å². The second kappa shape index (κ2) is 7.84. The van der Waals surface area contributed by atoms with E-state index in [1.165, 1.54) is 0 Å². The highest BCUT2D eigenvalue weighted by Crippen LogP contribution is 2.28. The van der Waals surface area contributed by atoms with Gasteiger partial charge in [0.15, 0.2) is 5.76 Å². The summed E-state index contributed by atoms with van der Waals surface area (Å²) >= 11 is 6.10. The number of piperazine rings is 1. The van der Waals surface area contributed by atoms with Crippen molar-refractivity contribution in [1.82, 2.24) is 19.4 Å². The number of fused-ring (bicyclic) bond motifs is 1. The first kappa shape index (κ1) is 18.7. The molecule has 1 saturated heterocycles. The second-order valence-corrected chi connectivity index (χ2v) is 7.71. The van der Waals surface area contributed by atoms with Crippen molar-refractivity contribution >= 4 is 34.1 Å². The molecule has 1 amide bonds. The van der Waals surface area contributed by atoms with Crippen LogP contribution < -0.4 is 4.90 Å². The Bertz CT molecular complexity index is 1180. The minimum atomic E-state index is -0.0714. The van der Waals surface area contributed by atoms with Crippen LogP contribution in [-0.4, -0.2) is 51.5 Å². The van der Waals surface area contributed by atoms with Crippen LogP contribution in [0.25, 0.3) is 10.9 Å². The summed E-state index contributed by atoms with van der Waals surface area (Å²) in [7, 11) is 0. The molecule has 30 heavy (non-hydrogen) atoms. The lowest BCUT2D eigenvalue weighted by Gasteiger charge is -2.36. The van der Waals surface area contributed by atoms with Crippen molar-refractivity contribution < 1.29 is 9.21 Å². The quantitative estimate of drug-likeness (QED) is 0.502. The minimum Gasteiger partial charge on any atom is -0.454 e. The molecule has 0 unspecified atom stereocenters. The molecule has 4 heterocycles. The molecule has 152 valence electrons. The molecule has 1 fully saturated rings. The van der Waals surface area contributed by atoms with E-state index in [2.05, 4.69) is 14.9 Å². The van der Waals surface area contributed by atoms with Crippen LogP contribution in [0.5, 0.6) is 0 Å². The first-order chi connectivity index (χ1) is 14.7. The lowest BCUT2D eigenvalue weighted by atomic mass is 10.1. The minimum absolute atomic E-state index is 0.0714. The largest absolute Gasteiger partial charge is 0.454 e. The van der Waals surface area contributed by atoms with Gasteiger partial charge in [-0.25, -0.2) is 4.98 Å². The highest BCUT2D eigenvalue weighted by molar-refractivity contribution is 6.31. The number of halogens is 1. The maximum absolute atomic E-state index is 12.9. The van der Waals surface area contributed by atoms with Gasteiger partial charge < -0.3 is 18.8 Å². The molecule has 0 atom stereocenters. The molecule has 1 aromatic carbocycles. The van der Waals surface area contributed by atoms with Gasteiger partial charge in [-0.15, -0.1) is 0 Å². The van der Waals surface area contributed by atoms with Crippen LogP contribution in [0.1, 0.15) is 16.3 Å². The number of aromatic nitrogens is 3. The van der Waals surface area contributed by atoms with Gasteiger partial charge in [0, 0.05) is 60.9 Å². The van der Waals surface area contributed by atoms with Gasteiger partial charge in [-0.3, -0.25) is 9.78 Å². The number of furan rings is 1. The van der Waals surface area contributed by atoms with E-state index in [1.54, 1.807) is 24.8 Å². The van der Waals surface area contributed by atoms with E-state index in [0.29, 0.717) is 30.4 Å². The van der Waals surface area contributed by atoms with Crippen LogP contribution in [-0.2, 0) is 6.54 Å². The fourth-order valence-electron chi connectivity index (χ4n) is 3.83. The molecule has 0 saturated carbocycles. The lowest BCUT2D eigenvalue weighted by Crippen LogP contribution is -2.48. The first-order valence-corrected chi connectivity index (χ1v) is 10.2. The van der Waals surface area contributed by atoms with Crippen LogP contribution in [0.3, 0.4) is 0 Å². The number of hydrogen-bond acceptors (Lipinski definition) is 5. The molecule has 3 aromatic heterocycles. The fourth-order valence-corrected chi connectivity index (χ4v) is 3.99. The molecule has 7 nitrogen and oxygen atoms in total. The molecular weight excluding hydrogens is 402 g/mol. The van der Waals surface area contributed by atoms with Crippen LogP contribution in [0, 0.1) is 0 Å². The third kappa shape index (κ3) is 3.64. The van der Waals surface area contributed by atoms with E-state index in [4.69, 9.17) is 16.0 Å². The molecule has 0 aliphatic carbocycles. The van der Waals surface area contributed by atoms with Gasteiger partial charge in [0.1, 0.15) is 5.76 Å². The number of carbonyl (C=O) groups is 1. The Hall–Kier alpha value is -3.32. The zero-order valence-electron chi connectivity index (χ0n) is 16.2. The number of benzene rings is 1. The molecule has 0 bridgehead atoms. The van der Waals surface area contributed by atoms with Crippen LogP contribution >= 0.6 is 11.6 Å². The summed E-state index contributed by atoms with van der Waals surface area (Å²) in [6.07, 6.45) is 7.10. The molecular formula is C22H20ClN5O2. The zero-order valence-corrected chi connectivity index (χ0v) is 17.0. The number of carbonyl (C=O) groups excluding carboxylic acids is 1. The summed E-state index contributed by atoms with van der Waals surface area (Å²) in [6, 6.07) is 11.4. The predicted octanol–water partition coefficient (Wildman–Crippen LogP) is 3.69. The third-order valence-corrected chi connectivity index (χ3v) is 5.59. The summed E-state index contributed by atoms with van der Waals surface area (Å²) in [5.74, 6) is 1.04. The summed E-state index contributed by atoms with van der Waals surface area (Å²) < 4.78 is 7.68. The number of rotatable bonds is 4. The molecule has 4 aromatic rings. The van der Waals surface area contributed by atoms with Gasteiger partial charge in [0.05, 0.1) is 18.4 Å². The number of pyridine rings is 1. The van der Waals surface area contributed by atoms with Crippen LogP contribution in [0.2, 0.25) is 5.02 Å². The highest BCUT2D eigenvalue weighted by Gasteiger charge is 2.25. The van der Waals surface area contributed by atoms with Crippen molar-refractivity contribution in [2.45, 2.75) is 6.54 Å². The summed E-state index contributed by atoms with van der Waals surface area (Å²) in [4.78, 5) is 25.4. The van der Waals surface area contributed by atoms with E-state index in [0.717, 1.165) is 35.4 Å². The van der Waals surface area contributed by atoms with Gasteiger partial charge in [-0.05, 0) is 36.4 Å². The van der Waals surface area contributed by atoms with Crippen LogP contribution in [0.4, 0.5) is 5.69 Å². The van der Waals surface area contributed by atoms with Gasteiger partial charge in [-0.1, -0.05) is 11.6 Å². The maximum Gasteiger partial charge on any atom is 0.289 e. The van der Waals surface area contributed by atoms with Crippen molar-refractivity contribution in [3.63, 3.8) is 0 Å². The normalized spacial score (nSPS) is 14.4. The van der Waals surface area contributed by atoms with Gasteiger partial charge in [0.2, 0.25) is 0 Å². The molecule has 0 spiro atoms. The molecule has 0 radical (unpaired) electrons. The first-order valence-electron chi connectivity index (χ1n) is 9.80. The van der Waals surface area contributed by atoms with Crippen LogP contribution in [0.15, 0.2) is 65.7 Å². The van der Waals surface area contributed by atoms with Gasteiger partial charge in [0.25, 0.3) is 5.91 Å². The van der Waals surface area contributed by atoms with Crippen molar-refractivity contribution in [3.05, 3.63) is 77.9 Å². The Morgan fingerprint density at radius 2 is 1.93 bits per heavy atom.